The Balaban J connectivity index is 1.95. The van der Waals surface area contributed by atoms with E-state index in [2.05, 4.69) is 6.58 Å². The zero-order valence-electron chi connectivity index (χ0n) is 14.8. The third kappa shape index (κ3) is 4.90. The van der Waals surface area contributed by atoms with Crippen LogP contribution in [0.2, 0.25) is 0 Å². The van der Waals surface area contributed by atoms with Crippen molar-refractivity contribution in [2.24, 2.45) is 5.92 Å². The molecule has 25 heavy (non-hydrogen) atoms. The van der Waals surface area contributed by atoms with Crippen LogP contribution in [0.1, 0.15) is 23.2 Å². The van der Waals surface area contributed by atoms with E-state index in [1.54, 1.807) is 18.2 Å². The van der Waals surface area contributed by atoms with Crippen LogP contribution in [0.3, 0.4) is 0 Å². The Morgan fingerprint density at radius 2 is 1.88 bits per heavy atom. The molecule has 138 valence electrons. The molecule has 0 aliphatic carbocycles. The van der Waals surface area contributed by atoms with Crippen molar-refractivity contribution in [1.29, 1.82) is 0 Å². The fourth-order valence-electron chi connectivity index (χ4n) is 2.78. The quantitative estimate of drug-likeness (QED) is 0.547. The summed E-state index contributed by atoms with van der Waals surface area (Å²) in [5, 5.41) is 0. The maximum atomic E-state index is 12.6. The van der Waals surface area contributed by atoms with Gasteiger partial charge in [-0.05, 0) is 43.0 Å². The second-order valence-electron chi connectivity index (χ2n) is 6.37. The van der Waals surface area contributed by atoms with Gasteiger partial charge in [-0.3, -0.25) is 4.79 Å². The number of hydrogen-bond acceptors (Lipinski definition) is 4. The maximum Gasteiger partial charge on any atom is 0.253 e. The molecule has 1 aromatic carbocycles. The average molecular weight is 366 g/mol. The lowest BCUT2D eigenvalue weighted by atomic mass is 9.97. The van der Waals surface area contributed by atoms with Crippen LogP contribution in [0.4, 0.5) is 0 Å². The number of carbonyl (C=O) groups excluding carboxylic acids is 1. The molecule has 1 aliphatic heterocycles. The highest BCUT2D eigenvalue weighted by Crippen LogP contribution is 2.20. The summed E-state index contributed by atoms with van der Waals surface area (Å²) in [7, 11) is -0.508. The van der Waals surface area contributed by atoms with E-state index < -0.39 is 10.0 Å². The number of rotatable bonds is 7. The lowest BCUT2D eigenvalue weighted by molar-refractivity contribution is 0.0575. The van der Waals surface area contributed by atoms with Crippen molar-refractivity contribution in [2.45, 2.75) is 17.7 Å². The molecule has 1 heterocycles. The molecule has 1 saturated heterocycles. The first-order valence-electron chi connectivity index (χ1n) is 8.36. The van der Waals surface area contributed by atoms with Gasteiger partial charge in [-0.25, -0.2) is 12.7 Å². The van der Waals surface area contributed by atoms with Gasteiger partial charge in [-0.15, -0.1) is 6.58 Å². The molecular weight excluding hydrogens is 340 g/mol. The van der Waals surface area contributed by atoms with Gasteiger partial charge in [0.05, 0.1) is 11.5 Å². The number of benzene rings is 1. The summed E-state index contributed by atoms with van der Waals surface area (Å²) in [6.45, 7) is 6.27. The minimum Gasteiger partial charge on any atom is -0.377 e. The van der Waals surface area contributed by atoms with E-state index in [1.807, 2.05) is 4.90 Å². The maximum absolute atomic E-state index is 12.6. The Labute approximate surface area is 150 Å². The smallest absolute Gasteiger partial charge is 0.253 e. The Bertz CT molecular complexity index is 690. The number of carbonyl (C=O) groups is 1. The summed E-state index contributed by atoms with van der Waals surface area (Å²) in [5.41, 5.74) is 0.513. The molecular formula is C18H26N2O4S. The standard InChI is InChI=1S/C18H26N2O4S/c1-4-13-24-14-15-9-11-20(12-10-15)18(21)16-5-7-17(8-6-16)25(22,23)19(2)3/h4-8,15H,1,9-14H2,2-3H3. The molecule has 0 spiro atoms. The molecule has 1 aromatic rings. The van der Waals surface area contributed by atoms with Crippen LogP contribution in [0, 0.1) is 5.92 Å². The van der Waals surface area contributed by atoms with E-state index >= 15 is 0 Å². The van der Waals surface area contributed by atoms with Crippen LogP contribution in [0.5, 0.6) is 0 Å². The summed E-state index contributed by atoms with van der Waals surface area (Å²) in [4.78, 5) is 14.6. The van der Waals surface area contributed by atoms with Gasteiger partial charge >= 0.3 is 0 Å². The van der Waals surface area contributed by atoms with Crippen molar-refractivity contribution in [2.75, 3.05) is 40.4 Å². The van der Waals surface area contributed by atoms with E-state index in [0.717, 1.165) is 17.1 Å². The topological polar surface area (TPSA) is 66.9 Å². The third-order valence-corrected chi connectivity index (χ3v) is 6.20. The number of likely N-dealkylation sites (tertiary alicyclic amines) is 1. The molecule has 0 bridgehead atoms. The summed E-state index contributed by atoms with van der Waals surface area (Å²) >= 11 is 0. The van der Waals surface area contributed by atoms with Crippen molar-refractivity contribution in [3.63, 3.8) is 0 Å². The fraction of sp³-hybridized carbons (Fsp3) is 0.500. The highest BCUT2D eigenvalue weighted by molar-refractivity contribution is 7.89. The van der Waals surface area contributed by atoms with Gasteiger partial charge in [-0.1, -0.05) is 6.08 Å². The predicted molar refractivity (Wildman–Crippen MR) is 97.0 cm³/mol. The van der Waals surface area contributed by atoms with Crippen molar-refractivity contribution in [1.82, 2.24) is 9.21 Å². The number of amides is 1. The number of nitrogens with zero attached hydrogens (tertiary/aromatic N) is 2. The van der Waals surface area contributed by atoms with Crippen molar-refractivity contribution >= 4 is 15.9 Å². The average Bonchev–Trinajstić information content (AvgIpc) is 2.62. The van der Waals surface area contributed by atoms with Crippen LogP contribution in [0.25, 0.3) is 0 Å². The molecule has 0 atom stereocenters. The van der Waals surface area contributed by atoms with Gasteiger partial charge in [0.2, 0.25) is 10.0 Å². The normalized spacial score (nSPS) is 16.2. The molecule has 2 rings (SSSR count). The third-order valence-electron chi connectivity index (χ3n) is 4.37. The summed E-state index contributed by atoms with van der Waals surface area (Å²) in [5.74, 6) is 0.413. The predicted octanol–water partition coefficient (Wildman–Crippen LogP) is 1.99. The van der Waals surface area contributed by atoms with Crippen LogP contribution in [-0.2, 0) is 14.8 Å². The molecule has 6 nitrogen and oxygen atoms in total. The molecule has 0 aromatic heterocycles. The second-order valence-corrected chi connectivity index (χ2v) is 8.53. The van der Waals surface area contributed by atoms with E-state index in [-0.39, 0.29) is 10.8 Å². The van der Waals surface area contributed by atoms with Crippen LogP contribution >= 0.6 is 0 Å². The Morgan fingerprint density at radius 1 is 1.28 bits per heavy atom. The van der Waals surface area contributed by atoms with Crippen molar-refractivity contribution in [3.05, 3.63) is 42.5 Å². The van der Waals surface area contributed by atoms with Gasteiger partial charge in [-0.2, -0.15) is 0 Å². The number of piperidine rings is 1. The molecule has 1 aliphatic rings. The number of hydrogen-bond donors (Lipinski definition) is 0. The molecule has 7 heteroatoms. The van der Waals surface area contributed by atoms with Gasteiger partial charge < -0.3 is 9.64 Å². The Hall–Kier alpha value is -1.70. The van der Waals surface area contributed by atoms with Gasteiger partial charge in [0, 0.05) is 39.4 Å². The highest BCUT2D eigenvalue weighted by Gasteiger charge is 2.24. The van der Waals surface area contributed by atoms with E-state index in [0.29, 0.717) is 37.8 Å². The fourth-order valence-corrected chi connectivity index (χ4v) is 3.69. The van der Waals surface area contributed by atoms with Gasteiger partial charge in [0.15, 0.2) is 0 Å². The van der Waals surface area contributed by atoms with Gasteiger partial charge in [0.25, 0.3) is 5.91 Å². The van der Waals surface area contributed by atoms with Crippen molar-refractivity contribution < 1.29 is 17.9 Å². The highest BCUT2D eigenvalue weighted by atomic mass is 32.2. The van der Waals surface area contributed by atoms with E-state index in [4.69, 9.17) is 4.74 Å². The monoisotopic (exact) mass is 366 g/mol. The van der Waals surface area contributed by atoms with E-state index in [1.165, 1.54) is 26.2 Å². The largest absolute Gasteiger partial charge is 0.377 e. The van der Waals surface area contributed by atoms with Gasteiger partial charge in [0.1, 0.15) is 0 Å². The van der Waals surface area contributed by atoms with Crippen LogP contribution in [0.15, 0.2) is 41.8 Å². The molecule has 1 amide bonds. The molecule has 0 unspecified atom stereocenters. The Morgan fingerprint density at radius 3 is 2.40 bits per heavy atom. The lowest BCUT2D eigenvalue weighted by Crippen LogP contribution is -2.39. The molecule has 1 fully saturated rings. The summed E-state index contributed by atoms with van der Waals surface area (Å²) < 4.78 is 30.8. The SMILES string of the molecule is C=CCOCC1CCN(C(=O)c2ccc(S(=O)(=O)N(C)C)cc2)CC1. The number of sulfonamides is 1. The van der Waals surface area contributed by atoms with Crippen molar-refractivity contribution in [3.8, 4) is 0 Å². The summed E-state index contributed by atoms with van der Waals surface area (Å²) in [6, 6.07) is 6.13. The number of ether oxygens (including phenoxy) is 1. The minimum atomic E-state index is -3.48. The van der Waals surface area contributed by atoms with Crippen LogP contribution < -0.4 is 0 Å². The van der Waals surface area contributed by atoms with Crippen LogP contribution in [-0.4, -0.2) is 63.9 Å². The first-order valence-corrected chi connectivity index (χ1v) is 9.80. The zero-order valence-corrected chi connectivity index (χ0v) is 15.7. The second kappa shape index (κ2) is 8.60. The molecule has 0 saturated carbocycles. The first-order chi connectivity index (χ1) is 11.9. The first kappa shape index (κ1) is 19.6. The summed E-state index contributed by atoms with van der Waals surface area (Å²) in [6.07, 6.45) is 3.56. The minimum absolute atomic E-state index is 0.0562. The molecule has 0 radical (unpaired) electrons. The molecule has 0 N–H and O–H groups in total. The zero-order chi connectivity index (χ0) is 18.4. The lowest BCUT2D eigenvalue weighted by Gasteiger charge is -2.32. The van der Waals surface area contributed by atoms with E-state index in [9.17, 15) is 13.2 Å². The Kier molecular flexibility index (Phi) is 6.75.